The Morgan fingerprint density at radius 2 is 2.16 bits per heavy atom. The van der Waals surface area contributed by atoms with Crippen molar-refractivity contribution in [2.45, 2.75) is 56.4 Å². The number of rotatable bonds is 2. The van der Waals surface area contributed by atoms with Crippen molar-refractivity contribution in [2.24, 2.45) is 5.92 Å². The van der Waals surface area contributed by atoms with E-state index in [1.54, 1.807) is 0 Å². The summed E-state index contributed by atoms with van der Waals surface area (Å²) in [5.41, 5.74) is 0.745. The summed E-state index contributed by atoms with van der Waals surface area (Å²) in [4.78, 5) is 11.3. The average Bonchev–Trinajstić information content (AvgIpc) is 3.04. The zero-order valence-electron chi connectivity index (χ0n) is 13.7. The second-order valence-corrected chi connectivity index (χ2v) is 7.53. The molecule has 25 heavy (non-hydrogen) atoms. The third-order valence-corrected chi connectivity index (χ3v) is 5.95. The van der Waals surface area contributed by atoms with Crippen LogP contribution < -0.4 is 10.2 Å². The third-order valence-electron chi connectivity index (χ3n) is 5.95. The van der Waals surface area contributed by atoms with Crippen LogP contribution in [0.1, 0.15) is 50.0 Å². The minimum absolute atomic E-state index is 0.0707. The van der Waals surface area contributed by atoms with Crippen molar-refractivity contribution >= 4 is 5.82 Å². The fraction of sp³-hybridized carbons (Fsp3) is 0.588. The SMILES string of the molecule is FC1CCC2C(C1)C1NC=CN1c1c(-c3noc(C4CC4)n3)ncn12. The molecule has 0 saturated heterocycles. The Hall–Kier alpha value is -2.38. The van der Waals surface area contributed by atoms with Gasteiger partial charge in [-0.25, -0.2) is 9.37 Å². The summed E-state index contributed by atoms with van der Waals surface area (Å²) in [5.74, 6) is 2.89. The maximum absolute atomic E-state index is 14.0. The van der Waals surface area contributed by atoms with Crippen LogP contribution in [0.4, 0.5) is 10.2 Å². The standard InChI is InChI=1S/C17H19FN6O/c18-10-3-4-12-11(7-10)15-19-5-6-23(15)17-13(20-8-24(12)17)14-21-16(25-22-14)9-1-2-9/h5-6,8-12,15,19H,1-4,7H2. The van der Waals surface area contributed by atoms with E-state index < -0.39 is 6.17 Å². The van der Waals surface area contributed by atoms with Crippen molar-refractivity contribution in [3.05, 3.63) is 24.6 Å². The van der Waals surface area contributed by atoms with Gasteiger partial charge in [0.05, 0.1) is 6.33 Å². The molecule has 1 N–H and O–H groups in total. The molecule has 2 fully saturated rings. The van der Waals surface area contributed by atoms with Crippen LogP contribution in [0.15, 0.2) is 23.3 Å². The van der Waals surface area contributed by atoms with Crippen LogP contribution in [-0.4, -0.2) is 32.0 Å². The first-order valence-electron chi connectivity index (χ1n) is 9.05. The van der Waals surface area contributed by atoms with Crippen LogP contribution in [0.5, 0.6) is 0 Å². The number of anilines is 1. The Balaban J connectivity index is 1.46. The molecule has 0 radical (unpaired) electrons. The summed E-state index contributed by atoms with van der Waals surface area (Å²) in [6, 6.07) is 0.256. The largest absolute Gasteiger partial charge is 0.369 e. The van der Waals surface area contributed by atoms with Crippen molar-refractivity contribution in [3.8, 4) is 11.5 Å². The van der Waals surface area contributed by atoms with E-state index in [2.05, 4.69) is 29.9 Å². The van der Waals surface area contributed by atoms with Crippen molar-refractivity contribution in [3.63, 3.8) is 0 Å². The van der Waals surface area contributed by atoms with Gasteiger partial charge in [0.15, 0.2) is 5.69 Å². The number of imidazole rings is 1. The molecule has 2 aliphatic heterocycles. The molecule has 8 heteroatoms. The molecule has 2 saturated carbocycles. The highest BCUT2D eigenvalue weighted by Gasteiger charge is 2.47. The zero-order valence-corrected chi connectivity index (χ0v) is 13.7. The molecule has 2 aliphatic carbocycles. The molecule has 4 atom stereocenters. The molecular formula is C17H19FN6O. The van der Waals surface area contributed by atoms with Crippen molar-refractivity contribution in [1.29, 1.82) is 0 Å². The smallest absolute Gasteiger partial charge is 0.230 e. The van der Waals surface area contributed by atoms with Gasteiger partial charge >= 0.3 is 0 Å². The van der Waals surface area contributed by atoms with Gasteiger partial charge in [-0.3, -0.25) is 0 Å². The summed E-state index contributed by atoms with van der Waals surface area (Å²) in [6.07, 6.45) is 9.43. The second-order valence-electron chi connectivity index (χ2n) is 7.53. The normalized spacial score (nSPS) is 32.9. The number of aromatic nitrogens is 4. The minimum Gasteiger partial charge on any atom is -0.369 e. The van der Waals surface area contributed by atoms with Gasteiger partial charge < -0.3 is 19.3 Å². The van der Waals surface area contributed by atoms with Crippen LogP contribution in [-0.2, 0) is 0 Å². The molecular weight excluding hydrogens is 323 g/mol. The lowest BCUT2D eigenvalue weighted by Gasteiger charge is -2.46. The summed E-state index contributed by atoms with van der Waals surface area (Å²) in [7, 11) is 0. The van der Waals surface area contributed by atoms with E-state index in [1.807, 2.05) is 18.7 Å². The molecule has 2 aromatic heterocycles. The first-order chi connectivity index (χ1) is 12.3. The van der Waals surface area contributed by atoms with Crippen LogP contribution in [0.3, 0.4) is 0 Å². The number of fused-ring (bicyclic) bond motifs is 6. The molecule has 7 nitrogen and oxygen atoms in total. The predicted molar refractivity (Wildman–Crippen MR) is 87.3 cm³/mol. The molecule has 0 aromatic carbocycles. The highest BCUT2D eigenvalue weighted by atomic mass is 19.1. The summed E-state index contributed by atoms with van der Waals surface area (Å²) in [6.45, 7) is 0. The van der Waals surface area contributed by atoms with E-state index in [0.717, 1.165) is 36.7 Å². The van der Waals surface area contributed by atoms with E-state index in [0.29, 0.717) is 24.6 Å². The van der Waals surface area contributed by atoms with E-state index in [1.165, 1.54) is 0 Å². The molecule has 130 valence electrons. The molecule has 0 spiro atoms. The predicted octanol–water partition coefficient (Wildman–Crippen LogP) is 2.71. The van der Waals surface area contributed by atoms with Gasteiger partial charge in [-0.2, -0.15) is 4.98 Å². The zero-order chi connectivity index (χ0) is 16.5. The van der Waals surface area contributed by atoms with Gasteiger partial charge in [0.2, 0.25) is 11.7 Å². The Kier molecular flexibility index (Phi) is 2.68. The Morgan fingerprint density at radius 3 is 3.04 bits per heavy atom. The second kappa shape index (κ2) is 4.83. The van der Waals surface area contributed by atoms with Gasteiger partial charge in [0, 0.05) is 30.3 Å². The summed E-state index contributed by atoms with van der Waals surface area (Å²) >= 11 is 0. The minimum atomic E-state index is -0.714. The highest BCUT2D eigenvalue weighted by Crippen LogP contribution is 2.48. The first kappa shape index (κ1) is 13.9. The van der Waals surface area contributed by atoms with Crippen molar-refractivity contribution in [1.82, 2.24) is 25.0 Å². The first-order valence-corrected chi connectivity index (χ1v) is 9.05. The van der Waals surface area contributed by atoms with E-state index in [4.69, 9.17) is 4.52 Å². The van der Waals surface area contributed by atoms with Gasteiger partial charge in [-0.1, -0.05) is 5.16 Å². The molecule has 6 rings (SSSR count). The lowest BCUT2D eigenvalue weighted by molar-refractivity contribution is 0.110. The molecule has 4 heterocycles. The number of alkyl halides is 1. The average molecular weight is 342 g/mol. The van der Waals surface area contributed by atoms with Gasteiger partial charge in [-0.15, -0.1) is 0 Å². The third kappa shape index (κ3) is 1.93. The molecule has 0 bridgehead atoms. The number of nitrogens with zero attached hydrogens (tertiary/aromatic N) is 5. The lowest BCUT2D eigenvalue weighted by Crippen LogP contribution is -2.52. The fourth-order valence-electron chi connectivity index (χ4n) is 4.59. The monoisotopic (exact) mass is 342 g/mol. The molecule has 2 aromatic rings. The summed E-state index contributed by atoms with van der Waals surface area (Å²) in [5, 5.41) is 7.56. The molecule has 4 unspecified atom stereocenters. The fourth-order valence-corrected chi connectivity index (χ4v) is 4.59. The number of hydrogen-bond acceptors (Lipinski definition) is 6. The van der Waals surface area contributed by atoms with Gasteiger partial charge in [0.25, 0.3) is 0 Å². The lowest BCUT2D eigenvalue weighted by atomic mass is 9.79. The van der Waals surface area contributed by atoms with Crippen LogP contribution in [0, 0.1) is 5.92 Å². The van der Waals surface area contributed by atoms with Gasteiger partial charge in [0.1, 0.15) is 18.2 Å². The van der Waals surface area contributed by atoms with E-state index in [9.17, 15) is 4.39 Å². The summed E-state index contributed by atoms with van der Waals surface area (Å²) < 4.78 is 21.6. The number of nitrogens with one attached hydrogen (secondary N) is 1. The maximum Gasteiger partial charge on any atom is 0.230 e. The topological polar surface area (TPSA) is 72.0 Å². The number of halogens is 1. The van der Waals surface area contributed by atoms with Crippen molar-refractivity contribution < 1.29 is 8.91 Å². The highest BCUT2D eigenvalue weighted by molar-refractivity contribution is 5.70. The Morgan fingerprint density at radius 1 is 1.24 bits per heavy atom. The maximum atomic E-state index is 14.0. The van der Waals surface area contributed by atoms with Crippen LogP contribution in [0.2, 0.25) is 0 Å². The molecule has 0 amide bonds. The number of hydrogen-bond donors (Lipinski definition) is 1. The Bertz CT molecular complexity index is 855. The van der Waals surface area contributed by atoms with Crippen molar-refractivity contribution in [2.75, 3.05) is 4.90 Å². The molecule has 4 aliphatic rings. The van der Waals surface area contributed by atoms with E-state index in [-0.39, 0.29) is 18.1 Å². The van der Waals surface area contributed by atoms with Crippen LogP contribution in [0.25, 0.3) is 11.5 Å². The Labute approximate surface area is 143 Å². The van der Waals surface area contributed by atoms with Gasteiger partial charge in [-0.05, 0) is 32.1 Å². The van der Waals surface area contributed by atoms with Crippen LogP contribution >= 0.6 is 0 Å². The van der Waals surface area contributed by atoms with E-state index >= 15 is 0 Å². The quantitative estimate of drug-likeness (QED) is 0.905.